The zero-order valence-electron chi connectivity index (χ0n) is 18.5. The summed E-state index contributed by atoms with van der Waals surface area (Å²) in [5, 5.41) is 11.9. The van der Waals surface area contributed by atoms with Crippen LogP contribution in [0.15, 0.2) is 54.6 Å². The van der Waals surface area contributed by atoms with Crippen molar-refractivity contribution in [3.8, 4) is 0 Å². The Balaban J connectivity index is 1.71. The number of hydrogen-bond donors (Lipinski definition) is 2. The van der Waals surface area contributed by atoms with Gasteiger partial charge in [-0.1, -0.05) is 93.6 Å². The van der Waals surface area contributed by atoms with Crippen molar-refractivity contribution >= 4 is 12.1 Å². The highest BCUT2D eigenvalue weighted by Gasteiger charge is 2.20. The van der Waals surface area contributed by atoms with Crippen molar-refractivity contribution in [2.75, 3.05) is 0 Å². The van der Waals surface area contributed by atoms with Crippen LogP contribution in [0.1, 0.15) is 68.6 Å². The first-order valence-corrected chi connectivity index (χ1v) is 11.4. The van der Waals surface area contributed by atoms with E-state index in [1.165, 1.54) is 44.1 Å². The first kappa shape index (κ1) is 24.4. The molecule has 168 valence electrons. The first-order chi connectivity index (χ1) is 15.1. The fraction of sp³-hybridized carbons (Fsp3) is 0.462. The average Bonchev–Trinajstić information content (AvgIpc) is 2.79. The molecule has 0 aliphatic heterocycles. The van der Waals surface area contributed by atoms with Crippen LogP contribution in [0.5, 0.6) is 0 Å². The topological polar surface area (TPSA) is 75.6 Å². The number of nitrogens with one attached hydrogen (secondary N) is 1. The minimum absolute atomic E-state index is 0.110. The zero-order valence-corrected chi connectivity index (χ0v) is 18.5. The summed E-state index contributed by atoms with van der Waals surface area (Å²) < 4.78 is 5.13. The standard InChI is InChI=1S/C26H35NO4/c1-2-3-4-5-6-8-11-21-14-16-22(17-15-21)18-19-24(25(28)29)27-26(30)31-20-23-12-9-7-10-13-23/h7,9-10,12-17,24H,2-6,8,11,18-20H2,1H3,(H,27,30)(H,28,29). The van der Waals surface area contributed by atoms with Gasteiger partial charge in [-0.15, -0.1) is 0 Å². The van der Waals surface area contributed by atoms with Gasteiger partial charge in [0.2, 0.25) is 0 Å². The molecule has 0 bridgehead atoms. The van der Waals surface area contributed by atoms with Gasteiger partial charge in [0.05, 0.1) is 0 Å². The van der Waals surface area contributed by atoms with Crippen molar-refractivity contribution in [2.24, 2.45) is 0 Å². The number of benzene rings is 2. The summed E-state index contributed by atoms with van der Waals surface area (Å²) in [6, 6.07) is 16.7. The molecule has 2 rings (SSSR count). The van der Waals surface area contributed by atoms with E-state index in [0.29, 0.717) is 12.8 Å². The molecule has 2 N–H and O–H groups in total. The molecule has 31 heavy (non-hydrogen) atoms. The summed E-state index contributed by atoms with van der Waals surface area (Å²) in [5.41, 5.74) is 3.24. The molecule has 0 aromatic heterocycles. The van der Waals surface area contributed by atoms with Crippen molar-refractivity contribution in [1.29, 1.82) is 0 Å². The lowest BCUT2D eigenvalue weighted by molar-refractivity contribution is -0.139. The van der Waals surface area contributed by atoms with Gasteiger partial charge in [-0.2, -0.15) is 0 Å². The Hall–Kier alpha value is -2.82. The molecule has 1 atom stereocenters. The summed E-state index contributed by atoms with van der Waals surface area (Å²) >= 11 is 0. The molecule has 0 radical (unpaired) electrons. The molecule has 0 heterocycles. The predicted molar refractivity (Wildman–Crippen MR) is 123 cm³/mol. The van der Waals surface area contributed by atoms with Crippen LogP contribution >= 0.6 is 0 Å². The van der Waals surface area contributed by atoms with E-state index < -0.39 is 18.1 Å². The lowest BCUT2D eigenvalue weighted by Crippen LogP contribution is -2.41. The number of ether oxygens (including phenoxy) is 1. The Labute approximate surface area is 185 Å². The highest BCUT2D eigenvalue weighted by atomic mass is 16.5. The number of unbranched alkanes of at least 4 members (excludes halogenated alkanes) is 5. The van der Waals surface area contributed by atoms with Crippen LogP contribution in [0.25, 0.3) is 0 Å². The minimum Gasteiger partial charge on any atom is -0.480 e. The molecule has 0 spiro atoms. The summed E-state index contributed by atoms with van der Waals surface area (Å²) in [6.07, 6.45) is 8.97. The number of carbonyl (C=O) groups excluding carboxylic acids is 1. The molecule has 1 unspecified atom stereocenters. The fourth-order valence-electron chi connectivity index (χ4n) is 3.46. The molecule has 0 saturated carbocycles. The van der Waals surface area contributed by atoms with E-state index in [1.54, 1.807) is 0 Å². The number of amides is 1. The molecular weight excluding hydrogens is 390 g/mol. The van der Waals surface area contributed by atoms with Gasteiger partial charge in [0.1, 0.15) is 12.6 Å². The Morgan fingerprint density at radius 1 is 0.839 bits per heavy atom. The summed E-state index contributed by atoms with van der Waals surface area (Å²) in [4.78, 5) is 23.5. The van der Waals surface area contributed by atoms with Gasteiger partial charge in [0.25, 0.3) is 0 Å². The molecule has 5 heteroatoms. The van der Waals surface area contributed by atoms with Gasteiger partial charge in [-0.3, -0.25) is 0 Å². The van der Waals surface area contributed by atoms with Crippen LogP contribution in [-0.4, -0.2) is 23.2 Å². The van der Waals surface area contributed by atoms with Gasteiger partial charge in [-0.25, -0.2) is 9.59 Å². The monoisotopic (exact) mass is 425 g/mol. The number of carboxylic acids is 1. The van der Waals surface area contributed by atoms with Gasteiger partial charge < -0.3 is 15.2 Å². The molecular formula is C26H35NO4. The minimum atomic E-state index is -1.06. The van der Waals surface area contributed by atoms with Crippen LogP contribution in [-0.2, 0) is 29.0 Å². The number of rotatable bonds is 14. The molecule has 0 aliphatic rings. The van der Waals surface area contributed by atoms with Crippen LogP contribution in [0, 0.1) is 0 Å². The normalized spacial score (nSPS) is 11.6. The van der Waals surface area contributed by atoms with Crippen molar-refractivity contribution < 1.29 is 19.4 Å². The molecule has 0 saturated heterocycles. The maximum atomic E-state index is 12.0. The molecule has 2 aromatic carbocycles. The van der Waals surface area contributed by atoms with E-state index in [2.05, 4.69) is 36.5 Å². The highest BCUT2D eigenvalue weighted by Crippen LogP contribution is 2.13. The average molecular weight is 426 g/mol. The van der Waals surface area contributed by atoms with Crippen LogP contribution in [0.2, 0.25) is 0 Å². The van der Waals surface area contributed by atoms with E-state index in [1.807, 2.05) is 30.3 Å². The van der Waals surface area contributed by atoms with Gasteiger partial charge in [-0.05, 0) is 42.4 Å². The van der Waals surface area contributed by atoms with E-state index in [-0.39, 0.29) is 6.61 Å². The van der Waals surface area contributed by atoms with Gasteiger partial charge >= 0.3 is 12.1 Å². The largest absolute Gasteiger partial charge is 0.480 e. The van der Waals surface area contributed by atoms with Crippen molar-refractivity contribution in [2.45, 2.75) is 77.4 Å². The van der Waals surface area contributed by atoms with Crippen LogP contribution in [0.3, 0.4) is 0 Å². The molecule has 1 amide bonds. The van der Waals surface area contributed by atoms with E-state index in [9.17, 15) is 14.7 Å². The second kappa shape index (κ2) is 14.2. The number of hydrogen-bond acceptors (Lipinski definition) is 3. The summed E-state index contributed by atoms with van der Waals surface area (Å²) in [7, 11) is 0. The first-order valence-electron chi connectivity index (χ1n) is 11.4. The Bertz CT molecular complexity index is 774. The molecule has 0 aliphatic carbocycles. The van der Waals surface area contributed by atoms with Gasteiger partial charge in [0.15, 0.2) is 0 Å². The Morgan fingerprint density at radius 2 is 1.45 bits per heavy atom. The number of aryl methyl sites for hydroxylation is 2. The maximum absolute atomic E-state index is 12.0. The second-order valence-corrected chi connectivity index (χ2v) is 7.97. The van der Waals surface area contributed by atoms with Crippen molar-refractivity contribution in [1.82, 2.24) is 5.32 Å². The van der Waals surface area contributed by atoms with Gasteiger partial charge in [0, 0.05) is 0 Å². The van der Waals surface area contributed by atoms with Crippen molar-refractivity contribution in [3.05, 3.63) is 71.3 Å². The predicted octanol–water partition coefficient (Wildman–Crippen LogP) is 5.90. The van der Waals surface area contributed by atoms with Crippen LogP contribution in [0.4, 0.5) is 4.79 Å². The molecule has 0 fully saturated rings. The van der Waals surface area contributed by atoms with E-state index >= 15 is 0 Å². The van der Waals surface area contributed by atoms with Crippen LogP contribution < -0.4 is 5.32 Å². The number of carbonyl (C=O) groups is 2. The smallest absolute Gasteiger partial charge is 0.408 e. The Kier molecular flexibility index (Phi) is 11.2. The fourth-order valence-corrected chi connectivity index (χ4v) is 3.46. The lowest BCUT2D eigenvalue weighted by Gasteiger charge is -2.15. The SMILES string of the molecule is CCCCCCCCc1ccc(CCC(NC(=O)OCc2ccccc2)C(=O)O)cc1. The lowest BCUT2D eigenvalue weighted by atomic mass is 10.0. The van der Waals surface area contributed by atoms with Crippen molar-refractivity contribution in [3.63, 3.8) is 0 Å². The number of alkyl carbamates (subject to hydrolysis) is 1. The maximum Gasteiger partial charge on any atom is 0.408 e. The molecule has 2 aromatic rings. The number of aliphatic carboxylic acids is 1. The third-order valence-electron chi connectivity index (χ3n) is 5.37. The van der Waals surface area contributed by atoms with E-state index in [4.69, 9.17) is 4.74 Å². The number of carboxylic acid groups (broad SMARTS) is 1. The zero-order chi connectivity index (χ0) is 22.3. The molecule has 5 nitrogen and oxygen atoms in total. The second-order valence-electron chi connectivity index (χ2n) is 7.97. The quantitative estimate of drug-likeness (QED) is 0.369. The Morgan fingerprint density at radius 3 is 2.10 bits per heavy atom. The highest BCUT2D eigenvalue weighted by molar-refractivity contribution is 5.79. The third-order valence-corrected chi connectivity index (χ3v) is 5.37. The third kappa shape index (κ3) is 10.2. The van der Waals surface area contributed by atoms with E-state index in [0.717, 1.165) is 17.5 Å². The summed E-state index contributed by atoms with van der Waals surface area (Å²) in [6.45, 7) is 2.34. The summed E-state index contributed by atoms with van der Waals surface area (Å²) in [5.74, 6) is -1.06.